The molecule has 0 aromatic heterocycles. The van der Waals surface area contributed by atoms with Crippen LogP contribution in [0.1, 0.15) is 26.3 Å². The van der Waals surface area contributed by atoms with Crippen LogP contribution in [0.3, 0.4) is 0 Å². The number of hydrogen-bond donors (Lipinski definition) is 1. The molecule has 1 N–H and O–H groups in total. The molecule has 1 aromatic rings. The van der Waals surface area contributed by atoms with Crippen LogP contribution in [0.5, 0.6) is 5.75 Å². The third-order valence-corrected chi connectivity index (χ3v) is 2.47. The maximum Gasteiger partial charge on any atom is 0.165 e. The van der Waals surface area contributed by atoms with E-state index in [4.69, 9.17) is 9.47 Å². The highest BCUT2D eigenvalue weighted by atomic mass is 19.1. The van der Waals surface area contributed by atoms with Crippen molar-refractivity contribution in [1.82, 2.24) is 5.32 Å². The molecule has 1 atom stereocenters. The number of rotatable bonds is 7. The van der Waals surface area contributed by atoms with Gasteiger partial charge in [-0.2, -0.15) is 0 Å². The SMILES string of the molecule is COCC(C)Oc1c(F)cccc1CNC(C)C. The number of ether oxygens (including phenoxy) is 2. The summed E-state index contributed by atoms with van der Waals surface area (Å²) in [7, 11) is 1.60. The van der Waals surface area contributed by atoms with Crippen LogP contribution in [-0.4, -0.2) is 25.9 Å². The van der Waals surface area contributed by atoms with Crippen molar-refractivity contribution in [2.45, 2.75) is 39.5 Å². The molecule has 1 unspecified atom stereocenters. The van der Waals surface area contributed by atoms with Crippen LogP contribution in [0.2, 0.25) is 0 Å². The highest BCUT2D eigenvalue weighted by molar-refractivity contribution is 5.35. The third-order valence-electron chi connectivity index (χ3n) is 2.47. The Balaban J connectivity index is 2.79. The molecule has 0 aliphatic heterocycles. The predicted octanol–water partition coefficient (Wildman–Crippen LogP) is 2.74. The molecule has 3 nitrogen and oxygen atoms in total. The van der Waals surface area contributed by atoms with Crippen LogP contribution >= 0.6 is 0 Å². The fourth-order valence-corrected chi connectivity index (χ4v) is 1.61. The lowest BCUT2D eigenvalue weighted by molar-refractivity contribution is 0.0884. The first kappa shape index (κ1) is 14.9. The number of para-hydroxylation sites is 1. The Labute approximate surface area is 108 Å². The van der Waals surface area contributed by atoms with Crippen LogP contribution in [-0.2, 0) is 11.3 Å². The molecule has 0 saturated heterocycles. The summed E-state index contributed by atoms with van der Waals surface area (Å²) in [5, 5.41) is 3.26. The van der Waals surface area contributed by atoms with Gasteiger partial charge in [-0.15, -0.1) is 0 Å². The molecule has 0 aliphatic carbocycles. The first-order valence-corrected chi connectivity index (χ1v) is 6.21. The molecule has 102 valence electrons. The summed E-state index contributed by atoms with van der Waals surface area (Å²) in [6, 6.07) is 5.32. The minimum atomic E-state index is -0.332. The van der Waals surface area contributed by atoms with Gasteiger partial charge in [0.25, 0.3) is 0 Å². The van der Waals surface area contributed by atoms with Crippen LogP contribution in [0.15, 0.2) is 18.2 Å². The van der Waals surface area contributed by atoms with E-state index in [1.54, 1.807) is 13.2 Å². The first-order chi connectivity index (χ1) is 8.54. The van der Waals surface area contributed by atoms with Crippen molar-refractivity contribution in [3.63, 3.8) is 0 Å². The second-order valence-corrected chi connectivity index (χ2v) is 4.65. The largest absolute Gasteiger partial charge is 0.485 e. The second kappa shape index (κ2) is 7.34. The molecule has 1 aromatic carbocycles. The van der Waals surface area contributed by atoms with E-state index in [9.17, 15) is 4.39 Å². The fourth-order valence-electron chi connectivity index (χ4n) is 1.61. The molecule has 1 rings (SSSR count). The van der Waals surface area contributed by atoms with Gasteiger partial charge in [-0.1, -0.05) is 26.0 Å². The highest BCUT2D eigenvalue weighted by Gasteiger charge is 2.13. The van der Waals surface area contributed by atoms with E-state index in [-0.39, 0.29) is 11.9 Å². The van der Waals surface area contributed by atoms with E-state index in [2.05, 4.69) is 5.32 Å². The number of nitrogens with one attached hydrogen (secondary N) is 1. The quantitative estimate of drug-likeness (QED) is 0.812. The number of halogens is 1. The van der Waals surface area contributed by atoms with Crippen molar-refractivity contribution in [1.29, 1.82) is 0 Å². The number of hydrogen-bond acceptors (Lipinski definition) is 3. The van der Waals surface area contributed by atoms with Crippen molar-refractivity contribution in [2.24, 2.45) is 0 Å². The molecular weight excluding hydrogens is 233 g/mol. The zero-order valence-electron chi connectivity index (χ0n) is 11.5. The summed E-state index contributed by atoms with van der Waals surface area (Å²) in [6.07, 6.45) is -0.176. The summed E-state index contributed by atoms with van der Waals surface area (Å²) in [5.74, 6) is -0.0174. The molecule has 0 fully saturated rings. The molecule has 18 heavy (non-hydrogen) atoms. The average Bonchev–Trinajstić information content (AvgIpc) is 2.30. The normalized spacial score (nSPS) is 12.8. The molecular formula is C14H22FNO2. The first-order valence-electron chi connectivity index (χ1n) is 6.21. The summed E-state index contributed by atoms with van der Waals surface area (Å²) >= 11 is 0. The van der Waals surface area contributed by atoms with Gasteiger partial charge in [-0.25, -0.2) is 4.39 Å². The Morgan fingerprint density at radius 3 is 2.61 bits per heavy atom. The van der Waals surface area contributed by atoms with Crippen molar-refractivity contribution in [3.05, 3.63) is 29.6 Å². The maximum atomic E-state index is 13.8. The van der Waals surface area contributed by atoms with Crippen molar-refractivity contribution in [2.75, 3.05) is 13.7 Å². The lowest BCUT2D eigenvalue weighted by atomic mass is 10.1. The number of methoxy groups -OCH3 is 1. The summed E-state index contributed by atoms with van der Waals surface area (Å²) in [4.78, 5) is 0. The Hall–Kier alpha value is -1.13. The number of benzene rings is 1. The Bertz CT molecular complexity index is 369. The molecule has 4 heteroatoms. The van der Waals surface area contributed by atoms with Crippen LogP contribution in [0.4, 0.5) is 4.39 Å². The molecule has 0 amide bonds. The zero-order valence-corrected chi connectivity index (χ0v) is 11.5. The van der Waals surface area contributed by atoms with Gasteiger partial charge in [-0.3, -0.25) is 0 Å². The van der Waals surface area contributed by atoms with Gasteiger partial charge >= 0.3 is 0 Å². The second-order valence-electron chi connectivity index (χ2n) is 4.65. The Morgan fingerprint density at radius 2 is 2.00 bits per heavy atom. The molecule has 0 radical (unpaired) electrons. The van der Waals surface area contributed by atoms with E-state index < -0.39 is 0 Å². The molecule has 0 bridgehead atoms. The molecule has 0 aliphatic rings. The van der Waals surface area contributed by atoms with Crippen molar-refractivity contribution in [3.8, 4) is 5.75 Å². The monoisotopic (exact) mass is 255 g/mol. The fraction of sp³-hybridized carbons (Fsp3) is 0.571. The smallest absolute Gasteiger partial charge is 0.165 e. The van der Waals surface area contributed by atoms with Gasteiger partial charge in [0.05, 0.1) is 6.61 Å². The van der Waals surface area contributed by atoms with Gasteiger partial charge in [0.1, 0.15) is 6.10 Å². The van der Waals surface area contributed by atoms with Crippen LogP contribution in [0, 0.1) is 5.82 Å². The zero-order chi connectivity index (χ0) is 13.5. The molecule has 0 saturated carbocycles. The van der Waals surface area contributed by atoms with Crippen LogP contribution in [0.25, 0.3) is 0 Å². The molecule has 0 heterocycles. The Morgan fingerprint density at radius 1 is 1.28 bits per heavy atom. The topological polar surface area (TPSA) is 30.5 Å². The lowest BCUT2D eigenvalue weighted by Crippen LogP contribution is -2.24. The minimum Gasteiger partial charge on any atom is -0.485 e. The predicted molar refractivity (Wildman–Crippen MR) is 70.3 cm³/mol. The van der Waals surface area contributed by atoms with Crippen molar-refractivity contribution >= 4 is 0 Å². The summed E-state index contributed by atoms with van der Waals surface area (Å²) < 4.78 is 24.4. The standard InChI is InChI=1S/C14H22FNO2/c1-10(2)16-8-12-6-5-7-13(15)14(12)18-11(3)9-17-4/h5-7,10-11,16H,8-9H2,1-4H3. The van der Waals surface area contributed by atoms with Crippen molar-refractivity contribution < 1.29 is 13.9 Å². The van der Waals surface area contributed by atoms with Gasteiger partial charge in [-0.05, 0) is 13.0 Å². The highest BCUT2D eigenvalue weighted by Crippen LogP contribution is 2.24. The van der Waals surface area contributed by atoms with Gasteiger partial charge in [0.15, 0.2) is 11.6 Å². The van der Waals surface area contributed by atoms with Crippen LogP contribution < -0.4 is 10.1 Å². The average molecular weight is 255 g/mol. The van der Waals surface area contributed by atoms with E-state index in [0.29, 0.717) is 24.9 Å². The van der Waals surface area contributed by atoms with Gasteiger partial charge in [0.2, 0.25) is 0 Å². The van der Waals surface area contributed by atoms with E-state index in [1.165, 1.54) is 6.07 Å². The molecule has 0 spiro atoms. The maximum absolute atomic E-state index is 13.8. The Kier molecular flexibility index (Phi) is 6.09. The summed E-state index contributed by atoms with van der Waals surface area (Å²) in [6.45, 7) is 6.98. The van der Waals surface area contributed by atoms with E-state index >= 15 is 0 Å². The van der Waals surface area contributed by atoms with E-state index in [1.807, 2.05) is 26.8 Å². The summed E-state index contributed by atoms with van der Waals surface area (Å²) in [5.41, 5.74) is 0.826. The van der Waals surface area contributed by atoms with E-state index in [0.717, 1.165) is 5.56 Å². The minimum absolute atomic E-state index is 0.176. The lowest BCUT2D eigenvalue weighted by Gasteiger charge is -2.18. The van der Waals surface area contributed by atoms with Gasteiger partial charge < -0.3 is 14.8 Å². The third kappa shape index (κ3) is 4.63. The van der Waals surface area contributed by atoms with Gasteiger partial charge in [0, 0.05) is 25.3 Å².